The quantitative estimate of drug-likeness (QED) is 0.521. The molecule has 20 heavy (non-hydrogen) atoms. The molecule has 1 aliphatic rings. The number of rotatable bonds is 7. The molecule has 0 aliphatic carbocycles. The van der Waals surface area contributed by atoms with Crippen molar-refractivity contribution in [3.05, 3.63) is 0 Å². The van der Waals surface area contributed by atoms with Gasteiger partial charge in [-0.3, -0.25) is 9.69 Å². The summed E-state index contributed by atoms with van der Waals surface area (Å²) >= 11 is 5.10. The number of hydrogen-bond donors (Lipinski definition) is 1. The molecule has 0 aromatic rings. The summed E-state index contributed by atoms with van der Waals surface area (Å²) in [6, 6.07) is 0. The van der Waals surface area contributed by atoms with Crippen molar-refractivity contribution in [3.8, 4) is 0 Å². The zero-order chi connectivity index (χ0) is 15.2. The largest absolute Gasteiger partial charge is 0.392 e. The van der Waals surface area contributed by atoms with Gasteiger partial charge in [0.15, 0.2) is 0 Å². The average molecular weight is 303 g/mol. The summed E-state index contributed by atoms with van der Waals surface area (Å²) in [6.45, 7) is 7.99. The van der Waals surface area contributed by atoms with Gasteiger partial charge in [0.25, 0.3) is 0 Å². The van der Waals surface area contributed by atoms with Crippen molar-refractivity contribution in [2.75, 3.05) is 53.1 Å². The first kappa shape index (κ1) is 17.3. The number of ether oxygens (including phenoxy) is 2. The lowest BCUT2D eigenvalue weighted by atomic mass is 10.0. The Bertz CT molecular complexity index is 342. The molecule has 1 heterocycles. The van der Waals surface area contributed by atoms with Gasteiger partial charge in [0.1, 0.15) is 6.61 Å². The highest BCUT2D eigenvalue weighted by molar-refractivity contribution is 7.80. The van der Waals surface area contributed by atoms with E-state index in [0.717, 1.165) is 13.1 Å². The maximum absolute atomic E-state index is 11.9. The van der Waals surface area contributed by atoms with E-state index < -0.39 is 0 Å². The first-order valence-corrected chi connectivity index (χ1v) is 7.20. The lowest BCUT2D eigenvalue weighted by Crippen LogP contribution is -2.60. The summed E-state index contributed by atoms with van der Waals surface area (Å²) in [6.07, 6.45) is 0. The highest BCUT2D eigenvalue weighted by atomic mass is 32.1. The molecule has 0 saturated carbocycles. The predicted octanol–water partition coefficient (Wildman–Crippen LogP) is -0.142. The van der Waals surface area contributed by atoms with E-state index in [1.165, 1.54) is 0 Å². The smallest absolute Gasteiger partial charge is 0.248 e. The second-order valence-electron chi connectivity index (χ2n) is 5.34. The molecule has 116 valence electrons. The summed E-state index contributed by atoms with van der Waals surface area (Å²) in [5.41, 5.74) is 5.46. The molecule has 7 heteroatoms. The van der Waals surface area contributed by atoms with Gasteiger partial charge < -0.3 is 20.1 Å². The fourth-order valence-corrected chi connectivity index (χ4v) is 2.19. The minimum Gasteiger partial charge on any atom is -0.392 e. The summed E-state index contributed by atoms with van der Waals surface area (Å²) in [7, 11) is 1.61. The van der Waals surface area contributed by atoms with Crippen LogP contribution in [0.2, 0.25) is 0 Å². The average Bonchev–Trinajstić information content (AvgIpc) is 2.43. The van der Waals surface area contributed by atoms with Gasteiger partial charge in [0, 0.05) is 33.3 Å². The molecule has 0 spiro atoms. The highest BCUT2D eigenvalue weighted by Gasteiger charge is 2.33. The fourth-order valence-electron chi connectivity index (χ4n) is 2.06. The minimum absolute atomic E-state index is 0.0221. The Hall–Kier alpha value is -0.760. The molecule has 0 aromatic heterocycles. The topological polar surface area (TPSA) is 68.0 Å². The molecule has 0 bridgehead atoms. The molecular weight excluding hydrogens is 278 g/mol. The van der Waals surface area contributed by atoms with Crippen molar-refractivity contribution >= 4 is 23.1 Å². The second kappa shape index (κ2) is 7.87. The van der Waals surface area contributed by atoms with E-state index in [2.05, 4.69) is 4.90 Å². The van der Waals surface area contributed by atoms with Gasteiger partial charge in [-0.15, -0.1) is 0 Å². The number of hydrogen-bond acceptors (Lipinski definition) is 5. The van der Waals surface area contributed by atoms with Crippen molar-refractivity contribution in [1.82, 2.24) is 9.80 Å². The number of carbonyl (C=O) groups is 1. The highest BCUT2D eigenvalue weighted by Crippen LogP contribution is 2.17. The SMILES string of the molecule is COCCOCC(=O)N1CCN(C(C)(C)C(N)=S)CC1. The van der Waals surface area contributed by atoms with E-state index in [1.807, 2.05) is 18.7 Å². The summed E-state index contributed by atoms with van der Waals surface area (Å²) < 4.78 is 10.1. The zero-order valence-electron chi connectivity index (χ0n) is 12.6. The van der Waals surface area contributed by atoms with Crippen molar-refractivity contribution in [3.63, 3.8) is 0 Å². The first-order valence-electron chi connectivity index (χ1n) is 6.79. The Kier molecular flexibility index (Phi) is 6.81. The van der Waals surface area contributed by atoms with Crippen molar-refractivity contribution in [2.24, 2.45) is 5.73 Å². The van der Waals surface area contributed by atoms with Gasteiger partial charge in [-0.05, 0) is 13.8 Å². The number of nitrogens with two attached hydrogens (primary N) is 1. The summed E-state index contributed by atoms with van der Waals surface area (Å²) in [5.74, 6) is 0.0221. The molecule has 6 nitrogen and oxygen atoms in total. The number of amides is 1. The number of thiocarbonyl (C=S) groups is 1. The van der Waals surface area contributed by atoms with Crippen molar-refractivity contribution in [1.29, 1.82) is 0 Å². The summed E-state index contributed by atoms with van der Waals surface area (Å²) in [5, 5.41) is 0. The van der Waals surface area contributed by atoms with Gasteiger partial charge in [0.2, 0.25) is 5.91 Å². The third-order valence-corrected chi connectivity index (χ3v) is 4.18. The molecule has 0 atom stereocenters. The Morgan fingerprint density at radius 2 is 1.85 bits per heavy atom. The predicted molar refractivity (Wildman–Crippen MR) is 81.7 cm³/mol. The van der Waals surface area contributed by atoms with Gasteiger partial charge in [0.05, 0.1) is 23.7 Å². The van der Waals surface area contributed by atoms with Crippen LogP contribution >= 0.6 is 12.2 Å². The molecule has 0 aromatic carbocycles. The van der Waals surface area contributed by atoms with E-state index in [0.29, 0.717) is 31.3 Å². The van der Waals surface area contributed by atoms with Crippen LogP contribution in [0.4, 0.5) is 0 Å². The van der Waals surface area contributed by atoms with E-state index in [-0.39, 0.29) is 18.1 Å². The van der Waals surface area contributed by atoms with Crippen LogP contribution in [0.15, 0.2) is 0 Å². The van der Waals surface area contributed by atoms with Crippen LogP contribution in [0.5, 0.6) is 0 Å². The second-order valence-corrected chi connectivity index (χ2v) is 5.78. The van der Waals surface area contributed by atoms with Crippen molar-refractivity contribution in [2.45, 2.75) is 19.4 Å². The fraction of sp³-hybridized carbons (Fsp3) is 0.846. The maximum Gasteiger partial charge on any atom is 0.248 e. The van der Waals surface area contributed by atoms with Crippen LogP contribution in [0, 0.1) is 0 Å². The van der Waals surface area contributed by atoms with Gasteiger partial charge in [-0.2, -0.15) is 0 Å². The van der Waals surface area contributed by atoms with Crippen LogP contribution in [-0.2, 0) is 14.3 Å². The third kappa shape index (κ3) is 4.66. The Labute approximate surface area is 126 Å². The monoisotopic (exact) mass is 303 g/mol. The van der Waals surface area contributed by atoms with Gasteiger partial charge >= 0.3 is 0 Å². The standard InChI is InChI=1S/C13H25N3O3S/c1-13(2,12(14)20)16-6-4-15(5-7-16)11(17)10-19-9-8-18-3/h4-10H2,1-3H3,(H2,14,20). The molecule has 0 radical (unpaired) electrons. The van der Waals surface area contributed by atoms with Crippen LogP contribution in [0.3, 0.4) is 0 Å². The van der Waals surface area contributed by atoms with Gasteiger partial charge in [-0.25, -0.2) is 0 Å². The van der Waals surface area contributed by atoms with Crippen LogP contribution < -0.4 is 5.73 Å². The van der Waals surface area contributed by atoms with Crippen LogP contribution in [0.25, 0.3) is 0 Å². The van der Waals surface area contributed by atoms with E-state index in [9.17, 15) is 4.79 Å². The van der Waals surface area contributed by atoms with Crippen molar-refractivity contribution < 1.29 is 14.3 Å². The van der Waals surface area contributed by atoms with Crippen LogP contribution in [0.1, 0.15) is 13.8 Å². The Balaban J connectivity index is 2.35. The molecule has 1 amide bonds. The third-order valence-electron chi connectivity index (χ3n) is 3.68. The molecule has 2 N–H and O–H groups in total. The molecule has 1 saturated heterocycles. The van der Waals surface area contributed by atoms with Crippen LogP contribution in [-0.4, -0.2) is 79.3 Å². The number of nitrogens with zero attached hydrogens (tertiary/aromatic N) is 2. The Morgan fingerprint density at radius 1 is 1.25 bits per heavy atom. The zero-order valence-corrected chi connectivity index (χ0v) is 13.4. The lowest BCUT2D eigenvalue weighted by molar-refractivity contribution is -0.138. The molecule has 0 unspecified atom stereocenters. The lowest BCUT2D eigenvalue weighted by Gasteiger charge is -2.43. The Morgan fingerprint density at radius 3 is 2.35 bits per heavy atom. The molecule has 1 rings (SSSR count). The van der Waals surface area contributed by atoms with E-state index in [1.54, 1.807) is 7.11 Å². The van der Waals surface area contributed by atoms with E-state index >= 15 is 0 Å². The number of methoxy groups -OCH3 is 1. The normalized spacial score (nSPS) is 17.2. The van der Waals surface area contributed by atoms with E-state index in [4.69, 9.17) is 27.4 Å². The minimum atomic E-state index is -0.306. The number of carbonyl (C=O) groups excluding carboxylic acids is 1. The molecular formula is C13H25N3O3S. The molecule has 1 fully saturated rings. The summed E-state index contributed by atoms with van der Waals surface area (Å²) in [4.78, 5) is 16.5. The maximum atomic E-state index is 11.9. The van der Waals surface area contributed by atoms with Gasteiger partial charge in [-0.1, -0.05) is 12.2 Å². The number of piperazine rings is 1. The first-order chi connectivity index (χ1) is 9.39. The molecule has 1 aliphatic heterocycles.